The standard InChI is InChI=1S/C10H15N.C2H6/c1-3-4-5-9(2)10-6-7-11-8-10;1-2/h3-5,10-11H,1-2,6-8H2;1-2H3/b5-4-;. The minimum Gasteiger partial charge on any atom is -0.316 e. The van der Waals surface area contributed by atoms with E-state index in [-0.39, 0.29) is 0 Å². The van der Waals surface area contributed by atoms with Gasteiger partial charge in [-0.1, -0.05) is 50.8 Å². The van der Waals surface area contributed by atoms with Crippen molar-refractivity contribution >= 4 is 0 Å². The van der Waals surface area contributed by atoms with Crippen LogP contribution in [0, 0.1) is 5.92 Å². The van der Waals surface area contributed by atoms with Crippen molar-refractivity contribution in [1.82, 2.24) is 5.32 Å². The number of hydrogen-bond donors (Lipinski definition) is 1. The molecule has 0 spiro atoms. The average molecular weight is 179 g/mol. The van der Waals surface area contributed by atoms with Gasteiger partial charge in [0.1, 0.15) is 0 Å². The summed E-state index contributed by atoms with van der Waals surface area (Å²) in [5, 5.41) is 3.31. The third-order valence-electron chi connectivity index (χ3n) is 2.03. The average Bonchev–Trinajstić information content (AvgIpc) is 2.70. The number of rotatable bonds is 3. The van der Waals surface area contributed by atoms with Gasteiger partial charge in [0.2, 0.25) is 0 Å². The number of allylic oxidation sites excluding steroid dienone is 3. The fourth-order valence-electron chi connectivity index (χ4n) is 1.30. The van der Waals surface area contributed by atoms with Crippen LogP contribution in [0.4, 0.5) is 0 Å². The Morgan fingerprint density at radius 1 is 1.46 bits per heavy atom. The lowest BCUT2D eigenvalue weighted by Gasteiger charge is -2.06. The Balaban J connectivity index is 0.000000671. The fraction of sp³-hybridized carbons (Fsp3) is 0.500. The van der Waals surface area contributed by atoms with Crippen LogP contribution in [0.15, 0.2) is 37.0 Å². The van der Waals surface area contributed by atoms with Crippen LogP contribution in [-0.2, 0) is 0 Å². The normalized spacial score (nSPS) is 20.9. The van der Waals surface area contributed by atoms with Gasteiger partial charge in [-0.2, -0.15) is 0 Å². The minimum absolute atomic E-state index is 0.645. The molecular weight excluding hydrogens is 158 g/mol. The van der Waals surface area contributed by atoms with Crippen LogP contribution >= 0.6 is 0 Å². The van der Waals surface area contributed by atoms with Crippen LogP contribution in [0.2, 0.25) is 0 Å². The molecule has 0 bridgehead atoms. The van der Waals surface area contributed by atoms with E-state index in [2.05, 4.69) is 18.5 Å². The molecular formula is C12H21N. The van der Waals surface area contributed by atoms with E-state index in [1.165, 1.54) is 12.0 Å². The van der Waals surface area contributed by atoms with Gasteiger partial charge >= 0.3 is 0 Å². The predicted octanol–water partition coefficient (Wildman–Crippen LogP) is 2.92. The lowest BCUT2D eigenvalue weighted by molar-refractivity contribution is 0.700. The summed E-state index contributed by atoms with van der Waals surface area (Å²) >= 11 is 0. The quantitative estimate of drug-likeness (QED) is 0.657. The molecule has 1 fully saturated rings. The van der Waals surface area contributed by atoms with Crippen molar-refractivity contribution in [3.63, 3.8) is 0 Å². The van der Waals surface area contributed by atoms with Gasteiger partial charge in [0.05, 0.1) is 0 Å². The van der Waals surface area contributed by atoms with Gasteiger partial charge in [0.15, 0.2) is 0 Å². The maximum absolute atomic E-state index is 4.00. The van der Waals surface area contributed by atoms with Gasteiger partial charge < -0.3 is 5.32 Å². The molecule has 1 atom stereocenters. The van der Waals surface area contributed by atoms with Crippen LogP contribution in [0.1, 0.15) is 20.3 Å². The summed E-state index contributed by atoms with van der Waals surface area (Å²) in [6.45, 7) is 13.8. The molecule has 1 heteroatoms. The first kappa shape index (κ1) is 12.2. The van der Waals surface area contributed by atoms with Crippen molar-refractivity contribution in [1.29, 1.82) is 0 Å². The van der Waals surface area contributed by atoms with Gasteiger partial charge in [-0.3, -0.25) is 0 Å². The first-order valence-corrected chi connectivity index (χ1v) is 5.03. The minimum atomic E-state index is 0.645. The Hall–Kier alpha value is -0.820. The molecule has 13 heavy (non-hydrogen) atoms. The molecule has 1 nitrogen and oxygen atoms in total. The van der Waals surface area contributed by atoms with Crippen molar-refractivity contribution in [2.45, 2.75) is 20.3 Å². The van der Waals surface area contributed by atoms with Gasteiger partial charge in [-0.15, -0.1) is 0 Å². The third kappa shape index (κ3) is 4.69. The lowest BCUT2D eigenvalue weighted by atomic mass is 10.00. The Morgan fingerprint density at radius 3 is 2.62 bits per heavy atom. The van der Waals surface area contributed by atoms with E-state index in [1.807, 2.05) is 26.0 Å². The summed E-state index contributed by atoms with van der Waals surface area (Å²) in [5.41, 5.74) is 1.22. The number of hydrogen-bond acceptors (Lipinski definition) is 1. The maximum Gasteiger partial charge on any atom is 0.00204 e. The molecule has 0 radical (unpaired) electrons. The highest BCUT2D eigenvalue weighted by Gasteiger charge is 2.14. The van der Waals surface area contributed by atoms with Gasteiger partial charge in [0, 0.05) is 6.54 Å². The lowest BCUT2D eigenvalue weighted by Crippen LogP contribution is -2.09. The summed E-state index contributed by atoms with van der Waals surface area (Å²) in [4.78, 5) is 0. The van der Waals surface area contributed by atoms with Crippen LogP contribution in [0.25, 0.3) is 0 Å². The van der Waals surface area contributed by atoms with Gasteiger partial charge in [-0.05, 0) is 18.9 Å². The second kappa shape index (κ2) is 7.81. The van der Waals surface area contributed by atoms with E-state index in [0.29, 0.717) is 5.92 Å². The topological polar surface area (TPSA) is 12.0 Å². The van der Waals surface area contributed by atoms with E-state index >= 15 is 0 Å². The molecule has 1 rings (SSSR count). The largest absolute Gasteiger partial charge is 0.316 e. The van der Waals surface area contributed by atoms with Crippen LogP contribution < -0.4 is 5.32 Å². The molecule has 0 aromatic rings. The number of nitrogens with one attached hydrogen (secondary N) is 1. The van der Waals surface area contributed by atoms with Crippen LogP contribution in [-0.4, -0.2) is 13.1 Å². The summed E-state index contributed by atoms with van der Waals surface area (Å²) in [7, 11) is 0. The Morgan fingerprint density at radius 2 is 2.15 bits per heavy atom. The maximum atomic E-state index is 4.00. The smallest absolute Gasteiger partial charge is 0.00204 e. The van der Waals surface area contributed by atoms with E-state index in [0.717, 1.165) is 13.1 Å². The second-order valence-electron chi connectivity index (χ2n) is 2.86. The highest BCUT2D eigenvalue weighted by Crippen LogP contribution is 2.17. The van der Waals surface area contributed by atoms with E-state index in [1.54, 1.807) is 6.08 Å². The first-order chi connectivity index (χ1) is 6.34. The molecule has 0 saturated carbocycles. The summed E-state index contributed by atoms with van der Waals surface area (Å²) in [6.07, 6.45) is 7.00. The monoisotopic (exact) mass is 179 g/mol. The van der Waals surface area contributed by atoms with E-state index in [4.69, 9.17) is 0 Å². The van der Waals surface area contributed by atoms with Crippen LogP contribution in [0.5, 0.6) is 0 Å². The highest BCUT2D eigenvalue weighted by atomic mass is 14.9. The zero-order valence-electron chi connectivity index (χ0n) is 8.84. The second-order valence-corrected chi connectivity index (χ2v) is 2.86. The van der Waals surface area contributed by atoms with Crippen LogP contribution in [0.3, 0.4) is 0 Å². The Kier molecular flexibility index (Phi) is 7.32. The molecule has 0 aromatic heterocycles. The van der Waals surface area contributed by atoms with Crippen molar-refractivity contribution in [2.75, 3.05) is 13.1 Å². The Labute approximate surface area is 82.2 Å². The molecule has 0 aromatic carbocycles. The molecule has 74 valence electrons. The SMILES string of the molecule is C=C/C=C\C(=C)C1CCNC1.CC. The molecule has 1 N–H and O–H groups in total. The zero-order valence-corrected chi connectivity index (χ0v) is 8.84. The summed E-state index contributed by atoms with van der Waals surface area (Å²) in [5.74, 6) is 0.645. The molecule has 1 aliphatic heterocycles. The summed E-state index contributed by atoms with van der Waals surface area (Å²) < 4.78 is 0. The predicted molar refractivity (Wildman–Crippen MR) is 60.8 cm³/mol. The fourth-order valence-corrected chi connectivity index (χ4v) is 1.30. The molecule has 0 aliphatic carbocycles. The van der Waals surface area contributed by atoms with Crippen molar-refractivity contribution < 1.29 is 0 Å². The molecule has 1 unspecified atom stereocenters. The summed E-state index contributed by atoms with van der Waals surface area (Å²) in [6, 6.07) is 0. The van der Waals surface area contributed by atoms with Crippen molar-refractivity contribution in [3.05, 3.63) is 37.0 Å². The molecule has 1 aliphatic rings. The Bertz CT molecular complexity index is 174. The molecule has 0 amide bonds. The first-order valence-electron chi connectivity index (χ1n) is 5.03. The zero-order chi connectivity index (χ0) is 10.1. The van der Waals surface area contributed by atoms with E-state index in [9.17, 15) is 0 Å². The highest BCUT2D eigenvalue weighted by molar-refractivity contribution is 5.22. The third-order valence-corrected chi connectivity index (χ3v) is 2.03. The molecule has 1 saturated heterocycles. The van der Waals surface area contributed by atoms with Crippen molar-refractivity contribution in [2.24, 2.45) is 5.92 Å². The van der Waals surface area contributed by atoms with Gasteiger partial charge in [0.25, 0.3) is 0 Å². The van der Waals surface area contributed by atoms with Gasteiger partial charge in [-0.25, -0.2) is 0 Å². The van der Waals surface area contributed by atoms with E-state index < -0.39 is 0 Å². The van der Waals surface area contributed by atoms with Crippen molar-refractivity contribution in [3.8, 4) is 0 Å². The molecule has 1 heterocycles.